The average Bonchev–Trinajstić information content (AvgIpc) is 3.45. The molecular weight excluding hydrogens is 504 g/mol. The van der Waals surface area contributed by atoms with Crippen molar-refractivity contribution in [1.82, 2.24) is 25.1 Å². The maximum absolute atomic E-state index is 12.5. The molecule has 2 N–H and O–H groups in total. The molecule has 11 heteroatoms. The molecule has 2 amide bonds. The lowest BCUT2D eigenvalue weighted by atomic mass is 10.1. The first kappa shape index (κ1) is 24.9. The van der Waals surface area contributed by atoms with Gasteiger partial charge in [0.2, 0.25) is 5.91 Å². The lowest BCUT2D eigenvalue weighted by molar-refractivity contribution is -0.113. The Kier molecular flexibility index (Phi) is 7.84. The minimum absolute atomic E-state index is 0.150. The summed E-state index contributed by atoms with van der Waals surface area (Å²) >= 11 is 8.53. The van der Waals surface area contributed by atoms with E-state index in [9.17, 15) is 9.59 Å². The van der Waals surface area contributed by atoms with Crippen LogP contribution in [0.15, 0.2) is 59.1 Å². The average molecular weight is 527 g/mol. The Balaban J connectivity index is 1.31. The topological polar surface area (TPSA) is 102 Å². The fourth-order valence-corrected chi connectivity index (χ4v) is 4.83. The first-order valence-corrected chi connectivity index (χ1v) is 13.0. The minimum Gasteiger partial charge on any atom is -0.342 e. The number of thioether (sulfide) groups is 1. The molecule has 0 spiro atoms. The quantitative estimate of drug-likeness (QED) is 0.309. The van der Waals surface area contributed by atoms with Gasteiger partial charge >= 0.3 is 0 Å². The van der Waals surface area contributed by atoms with Crippen LogP contribution in [0.2, 0.25) is 5.02 Å². The third-order valence-electron chi connectivity index (χ3n) is 5.14. The highest BCUT2D eigenvalue weighted by atomic mass is 35.5. The van der Waals surface area contributed by atoms with Gasteiger partial charge in [-0.25, -0.2) is 4.98 Å². The predicted octanol–water partition coefficient (Wildman–Crippen LogP) is 5.12. The number of nitrogens with one attached hydrogen (secondary N) is 2. The molecule has 0 bridgehead atoms. The molecule has 2 aromatic carbocycles. The van der Waals surface area contributed by atoms with Crippen LogP contribution in [-0.2, 0) is 11.8 Å². The van der Waals surface area contributed by atoms with Gasteiger partial charge in [0.1, 0.15) is 0 Å². The van der Waals surface area contributed by atoms with E-state index in [1.54, 1.807) is 35.9 Å². The van der Waals surface area contributed by atoms with Crippen LogP contribution in [0, 0.1) is 6.92 Å². The number of rotatable bonds is 8. The van der Waals surface area contributed by atoms with E-state index < -0.39 is 0 Å². The lowest BCUT2D eigenvalue weighted by Gasteiger charge is -2.13. The summed E-state index contributed by atoms with van der Waals surface area (Å²) in [5.74, 6) is 0.308. The van der Waals surface area contributed by atoms with E-state index in [1.807, 2.05) is 43.5 Å². The van der Waals surface area contributed by atoms with Gasteiger partial charge in [-0.2, -0.15) is 0 Å². The molecule has 0 aliphatic rings. The van der Waals surface area contributed by atoms with Crippen molar-refractivity contribution in [1.29, 1.82) is 0 Å². The maximum Gasteiger partial charge on any atom is 0.251 e. The number of amides is 2. The second kappa shape index (κ2) is 11.0. The first-order chi connectivity index (χ1) is 16.8. The normalized spacial score (nSPS) is 11.8. The van der Waals surface area contributed by atoms with Crippen LogP contribution in [0.5, 0.6) is 0 Å². The van der Waals surface area contributed by atoms with Crippen molar-refractivity contribution >= 4 is 51.6 Å². The highest BCUT2D eigenvalue weighted by molar-refractivity contribution is 7.99. The van der Waals surface area contributed by atoms with Crippen molar-refractivity contribution in [2.45, 2.75) is 25.0 Å². The van der Waals surface area contributed by atoms with Crippen molar-refractivity contribution in [3.05, 3.63) is 75.9 Å². The Bertz CT molecular complexity index is 1340. The Morgan fingerprint density at radius 2 is 1.83 bits per heavy atom. The van der Waals surface area contributed by atoms with E-state index in [4.69, 9.17) is 11.6 Å². The number of nitrogens with zero attached hydrogens (tertiary/aromatic N) is 4. The maximum atomic E-state index is 12.5. The van der Waals surface area contributed by atoms with Crippen LogP contribution in [0.25, 0.3) is 11.3 Å². The summed E-state index contributed by atoms with van der Waals surface area (Å²) in [5.41, 5.74) is 3.51. The number of halogens is 1. The van der Waals surface area contributed by atoms with Gasteiger partial charge in [0.05, 0.1) is 17.5 Å². The van der Waals surface area contributed by atoms with Crippen molar-refractivity contribution in [3.63, 3.8) is 0 Å². The van der Waals surface area contributed by atoms with E-state index in [2.05, 4.69) is 25.8 Å². The number of aromatic nitrogens is 4. The standard InChI is InChI=1S/C24H23ClN6O2S2/c1-14-4-6-16(7-5-14)19-12-34-23(27-19)28-20(32)13-35-24-30-29-21(31(24)3)15(2)26-22(33)17-8-10-18(25)11-9-17/h4-12,15H,13H2,1-3H3,(H,26,33)(H,27,28,32)/t15-/m0/s1. The van der Waals surface area contributed by atoms with Gasteiger partial charge in [-0.15, -0.1) is 21.5 Å². The van der Waals surface area contributed by atoms with Gasteiger partial charge in [0.25, 0.3) is 5.91 Å². The van der Waals surface area contributed by atoms with Crippen molar-refractivity contribution < 1.29 is 9.59 Å². The minimum atomic E-state index is -0.380. The van der Waals surface area contributed by atoms with Crippen LogP contribution in [0.1, 0.15) is 34.7 Å². The first-order valence-electron chi connectivity index (χ1n) is 10.7. The molecule has 4 rings (SSSR count). The molecular formula is C24H23ClN6O2S2. The molecule has 180 valence electrons. The molecule has 1 atom stereocenters. The van der Waals surface area contributed by atoms with Crippen molar-refractivity contribution in [2.75, 3.05) is 11.1 Å². The van der Waals surface area contributed by atoms with Crippen LogP contribution < -0.4 is 10.6 Å². The number of carbonyl (C=O) groups is 2. The van der Waals surface area contributed by atoms with Gasteiger partial charge in [-0.05, 0) is 38.1 Å². The zero-order valence-corrected chi connectivity index (χ0v) is 21.7. The molecule has 0 aliphatic carbocycles. The summed E-state index contributed by atoms with van der Waals surface area (Å²) in [5, 5.41) is 17.7. The van der Waals surface area contributed by atoms with Crippen LogP contribution in [-0.4, -0.2) is 37.3 Å². The molecule has 2 heterocycles. The fraction of sp³-hybridized carbons (Fsp3) is 0.208. The van der Waals surface area contributed by atoms with Crippen LogP contribution >= 0.6 is 34.7 Å². The molecule has 0 fully saturated rings. The third-order valence-corrected chi connectivity index (χ3v) is 7.17. The van der Waals surface area contributed by atoms with E-state index in [-0.39, 0.29) is 23.6 Å². The predicted molar refractivity (Wildman–Crippen MR) is 140 cm³/mol. The molecule has 2 aromatic heterocycles. The second-order valence-corrected chi connectivity index (χ2v) is 10.1. The number of benzene rings is 2. The molecule has 0 unspecified atom stereocenters. The molecule has 8 nitrogen and oxygen atoms in total. The smallest absolute Gasteiger partial charge is 0.251 e. The summed E-state index contributed by atoms with van der Waals surface area (Å²) in [6, 6.07) is 14.4. The summed E-state index contributed by atoms with van der Waals surface area (Å²) in [6.07, 6.45) is 0. The van der Waals surface area contributed by atoms with E-state index in [0.29, 0.717) is 26.7 Å². The third kappa shape index (κ3) is 6.27. The summed E-state index contributed by atoms with van der Waals surface area (Å²) < 4.78 is 1.77. The molecule has 0 saturated heterocycles. The van der Waals surface area contributed by atoms with Gasteiger partial charge in [0.15, 0.2) is 16.1 Å². The Hall–Kier alpha value is -3.21. The summed E-state index contributed by atoms with van der Waals surface area (Å²) in [7, 11) is 1.80. The summed E-state index contributed by atoms with van der Waals surface area (Å²) in [6.45, 7) is 3.86. The number of thiazole rings is 1. The van der Waals surface area contributed by atoms with Gasteiger partial charge in [0, 0.05) is 28.6 Å². The zero-order valence-electron chi connectivity index (χ0n) is 19.3. The Morgan fingerprint density at radius 3 is 2.54 bits per heavy atom. The zero-order chi connectivity index (χ0) is 24.9. The largest absolute Gasteiger partial charge is 0.342 e. The number of hydrogen-bond donors (Lipinski definition) is 2. The van der Waals surface area contributed by atoms with Crippen LogP contribution in [0.3, 0.4) is 0 Å². The van der Waals surface area contributed by atoms with E-state index in [0.717, 1.165) is 11.3 Å². The monoisotopic (exact) mass is 526 g/mol. The highest BCUT2D eigenvalue weighted by Crippen LogP contribution is 2.26. The molecule has 0 saturated carbocycles. The Labute approximate surface area is 216 Å². The number of hydrogen-bond acceptors (Lipinski definition) is 7. The Morgan fingerprint density at radius 1 is 1.11 bits per heavy atom. The number of carbonyl (C=O) groups excluding carboxylic acids is 2. The molecule has 0 radical (unpaired) electrons. The van der Waals surface area contributed by atoms with Crippen molar-refractivity contribution in [2.24, 2.45) is 7.05 Å². The van der Waals surface area contributed by atoms with Gasteiger partial charge < -0.3 is 15.2 Å². The number of aryl methyl sites for hydroxylation is 1. The SMILES string of the molecule is Cc1ccc(-c2csc(NC(=O)CSc3nnc([C@H](C)NC(=O)c4ccc(Cl)cc4)n3C)n2)cc1. The van der Waals surface area contributed by atoms with E-state index >= 15 is 0 Å². The number of anilines is 1. The highest BCUT2D eigenvalue weighted by Gasteiger charge is 2.19. The molecule has 0 aliphatic heterocycles. The van der Waals surface area contributed by atoms with Gasteiger partial charge in [-0.1, -0.05) is 53.2 Å². The second-order valence-electron chi connectivity index (χ2n) is 7.84. The fourth-order valence-electron chi connectivity index (χ4n) is 3.25. The summed E-state index contributed by atoms with van der Waals surface area (Å²) in [4.78, 5) is 29.4. The molecule has 35 heavy (non-hydrogen) atoms. The van der Waals surface area contributed by atoms with Crippen LogP contribution in [0.4, 0.5) is 5.13 Å². The van der Waals surface area contributed by atoms with Crippen molar-refractivity contribution in [3.8, 4) is 11.3 Å². The van der Waals surface area contributed by atoms with Gasteiger partial charge in [-0.3, -0.25) is 9.59 Å². The lowest BCUT2D eigenvalue weighted by Crippen LogP contribution is -2.28. The molecule has 4 aromatic rings. The van der Waals surface area contributed by atoms with E-state index in [1.165, 1.54) is 28.7 Å².